The minimum absolute atomic E-state index is 0.119. The first-order valence-electron chi connectivity index (χ1n) is 9.11. The first kappa shape index (κ1) is 20.7. The Labute approximate surface area is 161 Å². The molecular formula is C19H30N4O4. The fourth-order valence-corrected chi connectivity index (χ4v) is 3.05. The molecule has 1 aromatic carbocycles. The van der Waals surface area contributed by atoms with E-state index in [1.165, 1.54) is 0 Å². The summed E-state index contributed by atoms with van der Waals surface area (Å²) in [6.45, 7) is 7.86. The van der Waals surface area contributed by atoms with E-state index in [-0.39, 0.29) is 5.91 Å². The summed E-state index contributed by atoms with van der Waals surface area (Å²) < 4.78 is 16.2. The van der Waals surface area contributed by atoms with Crippen LogP contribution in [0.2, 0.25) is 0 Å². The van der Waals surface area contributed by atoms with Gasteiger partial charge in [0.1, 0.15) is 0 Å². The monoisotopic (exact) mass is 378 g/mol. The topological polar surface area (TPSA) is 75.6 Å². The van der Waals surface area contributed by atoms with Gasteiger partial charge in [-0.15, -0.1) is 0 Å². The van der Waals surface area contributed by atoms with Crippen LogP contribution in [0.1, 0.15) is 19.4 Å². The number of carbonyl (C=O) groups is 1. The van der Waals surface area contributed by atoms with Crippen molar-refractivity contribution in [1.82, 2.24) is 15.1 Å². The Hall–Kier alpha value is -2.64. The summed E-state index contributed by atoms with van der Waals surface area (Å²) in [5.74, 6) is 2.76. The molecule has 0 aliphatic carbocycles. The summed E-state index contributed by atoms with van der Waals surface area (Å²) >= 11 is 0. The molecule has 1 heterocycles. The van der Waals surface area contributed by atoms with Crippen molar-refractivity contribution < 1.29 is 19.0 Å². The van der Waals surface area contributed by atoms with E-state index >= 15 is 0 Å². The van der Waals surface area contributed by atoms with Crippen LogP contribution in [0.25, 0.3) is 0 Å². The number of guanidine groups is 1. The van der Waals surface area contributed by atoms with Gasteiger partial charge in [-0.05, 0) is 24.6 Å². The van der Waals surface area contributed by atoms with Gasteiger partial charge in [0.25, 0.3) is 0 Å². The number of piperazine rings is 1. The van der Waals surface area contributed by atoms with Gasteiger partial charge < -0.3 is 29.3 Å². The number of ether oxygens (including phenoxy) is 3. The van der Waals surface area contributed by atoms with Crippen molar-refractivity contribution in [3.05, 3.63) is 17.7 Å². The first-order chi connectivity index (χ1) is 13.0. The first-order valence-corrected chi connectivity index (χ1v) is 9.11. The molecule has 1 amide bonds. The van der Waals surface area contributed by atoms with Gasteiger partial charge >= 0.3 is 0 Å². The van der Waals surface area contributed by atoms with Crippen LogP contribution in [0.4, 0.5) is 0 Å². The van der Waals surface area contributed by atoms with E-state index < -0.39 is 0 Å². The van der Waals surface area contributed by atoms with Crippen molar-refractivity contribution in [3.8, 4) is 17.2 Å². The number of benzene rings is 1. The SMILES string of the molecule is CCNC(=NCc1cc(OC)c(OC)c(OC)c1)N1CCN(C(C)=O)CC1. The smallest absolute Gasteiger partial charge is 0.219 e. The number of hydrogen-bond acceptors (Lipinski definition) is 5. The molecule has 150 valence electrons. The van der Waals surface area contributed by atoms with E-state index in [0.29, 0.717) is 36.9 Å². The lowest BCUT2D eigenvalue weighted by Crippen LogP contribution is -2.53. The molecule has 0 spiro atoms. The third-order valence-electron chi connectivity index (χ3n) is 4.50. The Morgan fingerprint density at radius 1 is 1.04 bits per heavy atom. The zero-order valence-electron chi connectivity index (χ0n) is 16.9. The van der Waals surface area contributed by atoms with E-state index in [0.717, 1.165) is 31.2 Å². The fourth-order valence-electron chi connectivity index (χ4n) is 3.05. The Kier molecular flexibility index (Phi) is 7.57. The van der Waals surface area contributed by atoms with Crippen molar-refractivity contribution in [3.63, 3.8) is 0 Å². The number of methoxy groups -OCH3 is 3. The van der Waals surface area contributed by atoms with Crippen molar-refractivity contribution in [1.29, 1.82) is 0 Å². The molecule has 1 saturated heterocycles. The van der Waals surface area contributed by atoms with E-state index in [4.69, 9.17) is 19.2 Å². The molecule has 0 radical (unpaired) electrons. The Morgan fingerprint density at radius 2 is 1.59 bits per heavy atom. The van der Waals surface area contributed by atoms with Gasteiger partial charge in [0.2, 0.25) is 11.7 Å². The average Bonchev–Trinajstić information content (AvgIpc) is 2.70. The van der Waals surface area contributed by atoms with Crippen LogP contribution in [0.3, 0.4) is 0 Å². The Balaban J connectivity index is 2.16. The molecule has 0 atom stereocenters. The third-order valence-corrected chi connectivity index (χ3v) is 4.50. The van der Waals surface area contributed by atoms with Gasteiger partial charge in [-0.25, -0.2) is 4.99 Å². The van der Waals surface area contributed by atoms with Gasteiger partial charge in [0.15, 0.2) is 17.5 Å². The van der Waals surface area contributed by atoms with Crippen LogP contribution in [0.15, 0.2) is 17.1 Å². The van der Waals surface area contributed by atoms with Gasteiger partial charge in [-0.1, -0.05) is 0 Å². The summed E-state index contributed by atoms with van der Waals surface area (Å²) in [5, 5.41) is 3.33. The molecule has 1 aliphatic heterocycles. The van der Waals surface area contributed by atoms with Gasteiger partial charge in [0, 0.05) is 39.6 Å². The number of nitrogens with zero attached hydrogens (tertiary/aromatic N) is 3. The van der Waals surface area contributed by atoms with E-state index in [1.807, 2.05) is 24.0 Å². The fraction of sp³-hybridized carbons (Fsp3) is 0.579. The lowest BCUT2D eigenvalue weighted by molar-refractivity contribution is -0.130. The molecule has 8 heteroatoms. The van der Waals surface area contributed by atoms with Crippen LogP contribution in [0.5, 0.6) is 17.2 Å². The molecule has 1 aromatic rings. The van der Waals surface area contributed by atoms with Gasteiger partial charge in [-0.2, -0.15) is 0 Å². The van der Waals surface area contributed by atoms with Crippen LogP contribution in [0, 0.1) is 0 Å². The predicted molar refractivity (Wildman–Crippen MR) is 105 cm³/mol. The highest BCUT2D eigenvalue weighted by molar-refractivity contribution is 5.80. The molecule has 0 aromatic heterocycles. The predicted octanol–water partition coefficient (Wildman–Crippen LogP) is 1.34. The van der Waals surface area contributed by atoms with Gasteiger partial charge in [-0.3, -0.25) is 4.79 Å². The second-order valence-electron chi connectivity index (χ2n) is 6.20. The van der Waals surface area contributed by atoms with Crippen LogP contribution in [-0.4, -0.2) is 75.7 Å². The van der Waals surface area contributed by atoms with Crippen LogP contribution < -0.4 is 19.5 Å². The highest BCUT2D eigenvalue weighted by Crippen LogP contribution is 2.38. The number of aliphatic imine (C=N–C) groups is 1. The third kappa shape index (κ3) is 5.18. The summed E-state index contributed by atoms with van der Waals surface area (Å²) in [6.07, 6.45) is 0. The number of amides is 1. The molecule has 1 N–H and O–H groups in total. The second kappa shape index (κ2) is 9.89. The minimum atomic E-state index is 0.119. The summed E-state index contributed by atoms with van der Waals surface area (Å²) in [7, 11) is 4.79. The lowest BCUT2D eigenvalue weighted by Gasteiger charge is -2.36. The summed E-state index contributed by atoms with van der Waals surface area (Å²) in [5.41, 5.74) is 0.960. The van der Waals surface area contributed by atoms with Crippen LogP contribution in [-0.2, 0) is 11.3 Å². The summed E-state index contributed by atoms with van der Waals surface area (Å²) in [6, 6.07) is 3.81. The molecule has 8 nitrogen and oxygen atoms in total. The molecule has 0 saturated carbocycles. The average molecular weight is 378 g/mol. The molecule has 0 bridgehead atoms. The lowest BCUT2D eigenvalue weighted by atomic mass is 10.2. The maximum absolute atomic E-state index is 11.5. The van der Waals surface area contributed by atoms with E-state index in [1.54, 1.807) is 28.3 Å². The molecule has 1 fully saturated rings. The highest BCUT2D eigenvalue weighted by Gasteiger charge is 2.21. The maximum Gasteiger partial charge on any atom is 0.219 e. The largest absolute Gasteiger partial charge is 0.493 e. The normalized spacial score (nSPS) is 14.8. The number of rotatable bonds is 6. The number of hydrogen-bond donors (Lipinski definition) is 1. The Morgan fingerprint density at radius 3 is 2.04 bits per heavy atom. The zero-order chi connectivity index (χ0) is 19.8. The van der Waals surface area contributed by atoms with Crippen molar-refractivity contribution in [2.45, 2.75) is 20.4 Å². The highest BCUT2D eigenvalue weighted by atomic mass is 16.5. The molecule has 2 rings (SSSR count). The second-order valence-corrected chi connectivity index (χ2v) is 6.20. The van der Waals surface area contributed by atoms with E-state index in [2.05, 4.69) is 10.2 Å². The number of carbonyl (C=O) groups excluding carboxylic acids is 1. The molecule has 1 aliphatic rings. The Bertz CT molecular complexity index is 645. The standard InChI is InChI=1S/C19H30N4O4/c1-6-20-19(23-9-7-22(8-10-23)14(2)24)21-13-15-11-16(25-3)18(27-5)17(12-15)26-4/h11-12H,6-10,13H2,1-5H3,(H,20,21). The van der Waals surface area contributed by atoms with Crippen LogP contribution >= 0.6 is 0 Å². The van der Waals surface area contributed by atoms with Crippen molar-refractivity contribution in [2.75, 3.05) is 54.1 Å². The number of nitrogens with one attached hydrogen (secondary N) is 1. The maximum atomic E-state index is 11.5. The molecular weight excluding hydrogens is 348 g/mol. The van der Waals surface area contributed by atoms with Gasteiger partial charge in [0.05, 0.1) is 27.9 Å². The minimum Gasteiger partial charge on any atom is -0.493 e. The zero-order valence-corrected chi connectivity index (χ0v) is 16.9. The quantitative estimate of drug-likeness (QED) is 0.595. The summed E-state index contributed by atoms with van der Waals surface area (Å²) in [4.78, 5) is 20.3. The van der Waals surface area contributed by atoms with Crippen molar-refractivity contribution in [2.24, 2.45) is 4.99 Å². The molecule has 0 unspecified atom stereocenters. The van der Waals surface area contributed by atoms with E-state index in [9.17, 15) is 4.79 Å². The molecule has 27 heavy (non-hydrogen) atoms. The van der Waals surface area contributed by atoms with Crippen molar-refractivity contribution >= 4 is 11.9 Å².